The Balaban J connectivity index is 2.36. The molecule has 22 heavy (non-hydrogen) atoms. The number of methoxy groups -OCH3 is 1. The van der Waals surface area contributed by atoms with Crippen molar-refractivity contribution in [2.45, 2.75) is 6.92 Å². The van der Waals surface area contributed by atoms with Gasteiger partial charge >= 0.3 is 11.7 Å². The van der Waals surface area contributed by atoms with Gasteiger partial charge in [-0.2, -0.15) is 0 Å². The molecule has 0 radical (unpaired) electrons. The third kappa shape index (κ3) is 3.11. The third-order valence-electron chi connectivity index (χ3n) is 2.75. The zero-order valence-corrected chi connectivity index (χ0v) is 11.8. The van der Waals surface area contributed by atoms with Gasteiger partial charge in [0.15, 0.2) is 11.5 Å². The molecule has 1 heterocycles. The fourth-order valence-electron chi connectivity index (χ4n) is 1.70. The fourth-order valence-corrected chi connectivity index (χ4v) is 1.70. The summed E-state index contributed by atoms with van der Waals surface area (Å²) in [6, 6.07) is 5.11. The summed E-state index contributed by atoms with van der Waals surface area (Å²) in [7, 11) is 1.21. The van der Waals surface area contributed by atoms with Crippen LogP contribution in [-0.4, -0.2) is 28.1 Å². The predicted octanol–water partition coefficient (Wildman–Crippen LogP) is 2.58. The van der Waals surface area contributed by atoms with Crippen LogP contribution in [0.1, 0.15) is 15.9 Å². The van der Waals surface area contributed by atoms with E-state index in [0.29, 0.717) is 5.56 Å². The minimum absolute atomic E-state index is 0.0629. The molecule has 1 N–H and O–H groups in total. The van der Waals surface area contributed by atoms with E-state index >= 15 is 0 Å². The molecule has 0 spiro atoms. The number of rotatable bonds is 4. The summed E-state index contributed by atoms with van der Waals surface area (Å²) in [5.41, 5.74) is 0.402. The minimum atomic E-state index is -0.630. The lowest BCUT2D eigenvalue weighted by molar-refractivity contribution is -0.386. The van der Waals surface area contributed by atoms with Gasteiger partial charge in [0.2, 0.25) is 0 Å². The van der Waals surface area contributed by atoms with Gasteiger partial charge in [0.25, 0.3) is 5.88 Å². The molecule has 1 aromatic carbocycles. The molecule has 8 heteroatoms. The summed E-state index contributed by atoms with van der Waals surface area (Å²) >= 11 is 0. The maximum absolute atomic E-state index is 11.3. The van der Waals surface area contributed by atoms with Gasteiger partial charge in [0.05, 0.1) is 17.6 Å². The van der Waals surface area contributed by atoms with Crippen molar-refractivity contribution < 1.29 is 24.3 Å². The number of phenols is 1. The second-order valence-corrected chi connectivity index (χ2v) is 4.37. The molecular weight excluding hydrogens is 292 g/mol. The molecule has 2 aromatic rings. The molecule has 0 aliphatic carbocycles. The maximum atomic E-state index is 11.3. The van der Waals surface area contributed by atoms with Crippen LogP contribution in [0, 0.1) is 17.0 Å². The Hall–Kier alpha value is -3.16. The van der Waals surface area contributed by atoms with E-state index in [9.17, 15) is 20.0 Å². The van der Waals surface area contributed by atoms with E-state index in [-0.39, 0.29) is 28.6 Å². The Labute approximate surface area is 125 Å². The Morgan fingerprint density at radius 2 is 2.09 bits per heavy atom. The molecular formula is C14H12N2O6. The molecule has 0 aliphatic rings. The lowest BCUT2D eigenvalue weighted by Gasteiger charge is -2.08. The smallest absolute Gasteiger partial charge is 0.337 e. The van der Waals surface area contributed by atoms with Crippen molar-refractivity contribution in [2.75, 3.05) is 7.11 Å². The highest BCUT2D eigenvalue weighted by Crippen LogP contribution is 2.35. The van der Waals surface area contributed by atoms with Gasteiger partial charge in [-0.25, -0.2) is 9.78 Å². The van der Waals surface area contributed by atoms with Gasteiger partial charge in [0.1, 0.15) is 0 Å². The molecule has 8 nitrogen and oxygen atoms in total. The van der Waals surface area contributed by atoms with Crippen LogP contribution >= 0.6 is 0 Å². The van der Waals surface area contributed by atoms with Crippen LogP contribution in [0.25, 0.3) is 0 Å². The summed E-state index contributed by atoms with van der Waals surface area (Å²) < 4.78 is 9.79. The quantitative estimate of drug-likeness (QED) is 0.524. The first-order valence-corrected chi connectivity index (χ1v) is 6.12. The number of hydrogen-bond acceptors (Lipinski definition) is 7. The summed E-state index contributed by atoms with van der Waals surface area (Å²) in [6.45, 7) is 1.66. The zero-order chi connectivity index (χ0) is 16.3. The van der Waals surface area contributed by atoms with Crippen molar-refractivity contribution >= 4 is 11.7 Å². The van der Waals surface area contributed by atoms with Gasteiger partial charge in [-0.1, -0.05) is 0 Å². The van der Waals surface area contributed by atoms with Crippen LogP contribution in [0.5, 0.6) is 17.4 Å². The van der Waals surface area contributed by atoms with Crippen molar-refractivity contribution in [3.05, 3.63) is 51.7 Å². The second-order valence-electron chi connectivity index (χ2n) is 4.37. The maximum Gasteiger partial charge on any atom is 0.337 e. The monoisotopic (exact) mass is 304 g/mol. The first-order valence-electron chi connectivity index (χ1n) is 6.12. The van der Waals surface area contributed by atoms with Crippen LogP contribution in [0.2, 0.25) is 0 Å². The lowest BCUT2D eigenvalue weighted by Crippen LogP contribution is -2.01. The van der Waals surface area contributed by atoms with Gasteiger partial charge in [-0.05, 0) is 30.7 Å². The molecule has 2 rings (SSSR count). The summed E-state index contributed by atoms with van der Waals surface area (Å²) in [4.78, 5) is 25.5. The first-order chi connectivity index (χ1) is 10.4. The van der Waals surface area contributed by atoms with Crippen LogP contribution in [-0.2, 0) is 4.74 Å². The van der Waals surface area contributed by atoms with Gasteiger partial charge in [-0.3, -0.25) is 10.1 Å². The molecule has 0 fully saturated rings. The molecule has 0 saturated heterocycles. The Bertz CT molecular complexity index is 744. The van der Waals surface area contributed by atoms with E-state index in [2.05, 4.69) is 9.72 Å². The van der Waals surface area contributed by atoms with Gasteiger partial charge in [0, 0.05) is 12.3 Å². The molecule has 0 aliphatic heterocycles. The largest absolute Gasteiger partial charge is 0.504 e. The van der Waals surface area contributed by atoms with E-state index in [1.54, 1.807) is 6.92 Å². The van der Waals surface area contributed by atoms with E-state index < -0.39 is 10.9 Å². The Morgan fingerprint density at radius 1 is 1.36 bits per heavy atom. The Kier molecular flexibility index (Phi) is 4.21. The number of nitro groups is 1. The average molecular weight is 304 g/mol. The number of aryl methyl sites for hydroxylation is 1. The molecule has 0 saturated carbocycles. The highest BCUT2D eigenvalue weighted by Gasteiger charge is 2.19. The highest BCUT2D eigenvalue weighted by molar-refractivity contribution is 5.90. The van der Waals surface area contributed by atoms with Crippen molar-refractivity contribution in [1.82, 2.24) is 4.98 Å². The number of ether oxygens (including phenoxy) is 2. The van der Waals surface area contributed by atoms with Crippen LogP contribution < -0.4 is 4.74 Å². The number of carbonyl (C=O) groups is 1. The summed E-state index contributed by atoms with van der Waals surface area (Å²) in [6.07, 6.45) is 1.40. The Morgan fingerprint density at radius 3 is 2.68 bits per heavy atom. The highest BCUT2D eigenvalue weighted by atomic mass is 16.6. The van der Waals surface area contributed by atoms with Crippen LogP contribution in [0.15, 0.2) is 30.5 Å². The minimum Gasteiger partial charge on any atom is -0.504 e. The van der Waals surface area contributed by atoms with E-state index in [4.69, 9.17) is 4.74 Å². The van der Waals surface area contributed by atoms with Crippen LogP contribution in [0.4, 0.5) is 5.69 Å². The average Bonchev–Trinajstić information content (AvgIpc) is 2.49. The number of carbonyl (C=O) groups excluding carboxylic acids is 1. The molecule has 0 unspecified atom stereocenters. The molecule has 0 atom stereocenters. The van der Waals surface area contributed by atoms with E-state index in [1.165, 1.54) is 31.5 Å². The predicted molar refractivity (Wildman–Crippen MR) is 75.1 cm³/mol. The number of aromatic hydroxyl groups is 1. The standard InChI is InChI=1S/C14H12N2O6/c1-8-5-10(16(19)20)13(15-7-8)22-12-4-3-9(6-11(12)17)14(18)21-2/h3-7,17H,1-2H3. The van der Waals surface area contributed by atoms with Crippen molar-refractivity contribution in [1.29, 1.82) is 0 Å². The number of hydrogen-bond donors (Lipinski definition) is 1. The molecule has 0 bridgehead atoms. The normalized spacial score (nSPS) is 10.1. The summed E-state index contributed by atoms with van der Waals surface area (Å²) in [5, 5.41) is 20.8. The van der Waals surface area contributed by atoms with Gasteiger partial charge < -0.3 is 14.6 Å². The molecule has 1 aromatic heterocycles. The molecule has 0 amide bonds. The SMILES string of the molecule is COC(=O)c1ccc(Oc2ncc(C)cc2[N+](=O)[O-])c(O)c1. The number of esters is 1. The summed E-state index contributed by atoms with van der Waals surface area (Å²) in [5.74, 6) is -1.30. The zero-order valence-electron chi connectivity index (χ0n) is 11.8. The molecule has 114 valence electrons. The number of benzene rings is 1. The number of phenolic OH excluding ortho intramolecular Hbond substituents is 1. The second kappa shape index (κ2) is 6.08. The van der Waals surface area contributed by atoms with Crippen molar-refractivity contribution in [2.24, 2.45) is 0 Å². The fraction of sp³-hybridized carbons (Fsp3) is 0.143. The lowest BCUT2D eigenvalue weighted by atomic mass is 10.2. The number of pyridine rings is 1. The van der Waals surface area contributed by atoms with E-state index in [0.717, 1.165) is 6.07 Å². The van der Waals surface area contributed by atoms with Crippen molar-refractivity contribution in [3.8, 4) is 17.4 Å². The van der Waals surface area contributed by atoms with Crippen LogP contribution in [0.3, 0.4) is 0 Å². The first kappa shape index (κ1) is 15.2. The van der Waals surface area contributed by atoms with Crippen molar-refractivity contribution in [3.63, 3.8) is 0 Å². The number of nitrogens with zero attached hydrogens (tertiary/aromatic N) is 2. The van der Waals surface area contributed by atoms with E-state index in [1.807, 2.05) is 0 Å². The third-order valence-corrected chi connectivity index (χ3v) is 2.75. The van der Waals surface area contributed by atoms with Gasteiger partial charge in [-0.15, -0.1) is 0 Å². The number of aromatic nitrogens is 1. The topological polar surface area (TPSA) is 112 Å².